The van der Waals surface area contributed by atoms with Gasteiger partial charge in [0.2, 0.25) is 5.91 Å². The minimum Gasteiger partial charge on any atom is -0.337 e. The van der Waals surface area contributed by atoms with Gasteiger partial charge < -0.3 is 10.2 Å². The summed E-state index contributed by atoms with van der Waals surface area (Å²) >= 11 is 0. The second kappa shape index (κ2) is 4.52. The topological polar surface area (TPSA) is 32.3 Å². The average molecular weight is 210 g/mol. The summed E-state index contributed by atoms with van der Waals surface area (Å²) in [6.07, 6.45) is 4.58. The Morgan fingerprint density at radius 1 is 1.40 bits per heavy atom. The predicted molar refractivity (Wildman–Crippen MR) is 60.6 cm³/mol. The van der Waals surface area contributed by atoms with E-state index in [0.29, 0.717) is 18.0 Å². The van der Waals surface area contributed by atoms with Gasteiger partial charge in [0.1, 0.15) is 0 Å². The molecule has 2 aliphatic rings. The van der Waals surface area contributed by atoms with E-state index >= 15 is 0 Å². The molecule has 1 aliphatic heterocycles. The minimum atomic E-state index is 0.352. The molecule has 2 rings (SSSR count). The normalized spacial score (nSPS) is 31.7. The summed E-state index contributed by atoms with van der Waals surface area (Å²) in [5, 5.41) is 3.40. The van der Waals surface area contributed by atoms with Crippen LogP contribution in [0.25, 0.3) is 0 Å². The van der Waals surface area contributed by atoms with Gasteiger partial charge in [-0.2, -0.15) is 0 Å². The lowest BCUT2D eigenvalue weighted by Gasteiger charge is -2.38. The summed E-state index contributed by atoms with van der Waals surface area (Å²) in [5.41, 5.74) is 0. The van der Waals surface area contributed by atoms with Gasteiger partial charge in [-0.25, -0.2) is 0 Å². The van der Waals surface area contributed by atoms with Gasteiger partial charge in [-0.15, -0.1) is 0 Å². The summed E-state index contributed by atoms with van der Waals surface area (Å²) < 4.78 is 0. The number of hydrogen-bond donors (Lipinski definition) is 1. The molecular formula is C12H22N2O. The second-order valence-electron chi connectivity index (χ2n) is 5.05. The van der Waals surface area contributed by atoms with E-state index in [1.54, 1.807) is 0 Å². The van der Waals surface area contributed by atoms with Crippen molar-refractivity contribution in [1.29, 1.82) is 0 Å². The van der Waals surface area contributed by atoms with E-state index in [9.17, 15) is 4.79 Å². The fourth-order valence-corrected chi connectivity index (χ4v) is 2.29. The molecule has 2 unspecified atom stereocenters. The van der Waals surface area contributed by atoms with Crippen molar-refractivity contribution in [2.75, 3.05) is 13.1 Å². The lowest BCUT2D eigenvalue weighted by molar-refractivity contribution is -0.135. The van der Waals surface area contributed by atoms with Gasteiger partial charge in [-0.05, 0) is 26.2 Å². The molecule has 0 aromatic heterocycles. The number of carbonyl (C=O) groups excluding carboxylic acids is 1. The van der Waals surface area contributed by atoms with E-state index in [4.69, 9.17) is 0 Å². The molecule has 0 bridgehead atoms. The largest absolute Gasteiger partial charge is 0.337 e. The maximum Gasteiger partial charge on any atom is 0.222 e. The van der Waals surface area contributed by atoms with Gasteiger partial charge in [0.05, 0.1) is 0 Å². The first kappa shape index (κ1) is 10.9. The highest BCUT2D eigenvalue weighted by Crippen LogP contribution is 2.33. The molecule has 3 nitrogen and oxygen atoms in total. The number of hydrogen-bond acceptors (Lipinski definition) is 2. The molecule has 2 fully saturated rings. The fraction of sp³-hybridized carbons (Fsp3) is 0.917. The van der Waals surface area contributed by atoms with Crippen LogP contribution < -0.4 is 5.32 Å². The number of amides is 1. The molecule has 0 spiro atoms. The van der Waals surface area contributed by atoms with Gasteiger partial charge in [0.25, 0.3) is 0 Å². The van der Waals surface area contributed by atoms with Crippen molar-refractivity contribution in [3.8, 4) is 0 Å². The van der Waals surface area contributed by atoms with Crippen molar-refractivity contribution < 1.29 is 4.79 Å². The van der Waals surface area contributed by atoms with Crippen LogP contribution >= 0.6 is 0 Å². The van der Waals surface area contributed by atoms with Crippen LogP contribution in [0.2, 0.25) is 0 Å². The first-order valence-electron chi connectivity index (χ1n) is 6.21. The Kier molecular flexibility index (Phi) is 3.29. The number of rotatable bonds is 3. The third kappa shape index (κ3) is 2.71. The zero-order valence-corrected chi connectivity index (χ0v) is 9.83. The molecule has 86 valence electrons. The van der Waals surface area contributed by atoms with Gasteiger partial charge in [-0.1, -0.05) is 12.8 Å². The van der Waals surface area contributed by atoms with E-state index in [0.717, 1.165) is 31.8 Å². The Hall–Kier alpha value is -0.570. The fourth-order valence-electron chi connectivity index (χ4n) is 2.29. The highest BCUT2D eigenvalue weighted by atomic mass is 16.2. The molecule has 3 heteroatoms. The van der Waals surface area contributed by atoms with Crippen molar-refractivity contribution in [2.45, 2.75) is 51.6 Å². The van der Waals surface area contributed by atoms with Crippen molar-refractivity contribution >= 4 is 5.91 Å². The number of piperazine rings is 1. The maximum atomic E-state index is 12.0. The molecule has 0 aromatic rings. The molecule has 2 atom stereocenters. The first-order chi connectivity index (χ1) is 7.18. The van der Waals surface area contributed by atoms with Crippen molar-refractivity contribution in [3.05, 3.63) is 0 Å². The van der Waals surface area contributed by atoms with E-state index in [1.165, 1.54) is 12.8 Å². The van der Waals surface area contributed by atoms with Gasteiger partial charge in [-0.3, -0.25) is 4.79 Å². The second-order valence-corrected chi connectivity index (χ2v) is 5.05. The molecule has 15 heavy (non-hydrogen) atoms. The monoisotopic (exact) mass is 210 g/mol. The van der Waals surface area contributed by atoms with E-state index in [2.05, 4.69) is 24.1 Å². The molecule has 1 saturated carbocycles. The SMILES string of the molecule is CC1NCCN(C(=O)CCC2CC2)C1C. The van der Waals surface area contributed by atoms with Gasteiger partial charge >= 0.3 is 0 Å². The van der Waals surface area contributed by atoms with Gasteiger partial charge in [0, 0.05) is 31.6 Å². The summed E-state index contributed by atoms with van der Waals surface area (Å²) in [4.78, 5) is 14.0. The van der Waals surface area contributed by atoms with Crippen LogP contribution in [0.3, 0.4) is 0 Å². The smallest absolute Gasteiger partial charge is 0.222 e. The van der Waals surface area contributed by atoms with Gasteiger partial charge in [0.15, 0.2) is 0 Å². The van der Waals surface area contributed by atoms with Crippen molar-refractivity contribution in [1.82, 2.24) is 10.2 Å². The lowest BCUT2D eigenvalue weighted by Crippen LogP contribution is -2.57. The molecule has 1 heterocycles. The Morgan fingerprint density at radius 3 is 2.80 bits per heavy atom. The summed E-state index contributed by atoms with van der Waals surface area (Å²) in [5.74, 6) is 1.23. The average Bonchev–Trinajstić information content (AvgIpc) is 3.02. The summed E-state index contributed by atoms with van der Waals surface area (Å²) in [7, 11) is 0. The molecule has 1 aliphatic carbocycles. The molecular weight excluding hydrogens is 188 g/mol. The first-order valence-corrected chi connectivity index (χ1v) is 6.21. The van der Waals surface area contributed by atoms with Crippen molar-refractivity contribution in [3.63, 3.8) is 0 Å². The van der Waals surface area contributed by atoms with E-state index in [1.807, 2.05) is 0 Å². The van der Waals surface area contributed by atoms with Crippen molar-refractivity contribution in [2.24, 2.45) is 5.92 Å². The van der Waals surface area contributed by atoms with Crippen LogP contribution in [0.4, 0.5) is 0 Å². The molecule has 1 amide bonds. The van der Waals surface area contributed by atoms with Crippen LogP contribution in [-0.4, -0.2) is 36.0 Å². The van der Waals surface area contributed by atoms with Crippen LogP contribution in [-0.2, 0) is 4.79 Å². The van der Waals surface area contributed by atoms with E-state index < -0.39 is 0 Å². The Balaban J connectivity index is 1.81. The zero-order valence-electron chi connectivity index (χ0n) is 9.83. The number of nitrogens with zero attached hydrogens (tertiary/aromatic N) is 1. The quantitative estimate of drug-likeness (QED) is 0.763. The number of carbonyl (C=O) groups is 1. The third-order valence-electron chi connectivity index (χ3n) is 3.82. The zero-order chi connectivity index (χ0) is 10.8. The molecule has 0 aromatic carbocycles. The Labute approximate surface area is 92.2 Å². The highest BCUT2D eigenvalue weighted by Gasteiger charge is 2.29. The Morgan fingerprint density at radius 2 is 2.13 bits per heavy atom. The standard InChI is InChI=1S/C12H22N2O/c1-9-10(2)14(8-7-13-9)12(15)6-5-11-3-4-11/h9-11,13H,3-8H2,1-2H3. The van der Waals surface area contributed by atoms with Crippen LogP contribution in [0.1, 0.15) is 39.5 Å². The summed E-state index contributed by atoms with van der Waals surface area (Å²) in [6.45, 7) is 6.13. The molecule has 0 radical (unpaired) electrons. The van der Waals surface area contributed by atoms with Crippen LogP contribution in [0.5, 0.6) is 0 Å². The molecule has 1 saturated heterocycles. The maximum absolute atomic E-state index is 12.0. The molecule has 1 N–H and O–H groups in total. The Bertz CT molecular complexity index is 238. The summed E-state index contributed by atoms with van der Waals surface area (Å²) in [6, 6.07) is 0.786. The lowest BCUT2D eigenvalue weighted by atomic mass is 10.1. The van der Waals surface area contributed by atoms with E-state index in [-0.39, 0.29) is 0 Å². The number of nitrogens with one attached hydrogen (secondary N) is 1. The van der Waals surface area contributed by atoms with Crippen LogP contribution in [0.15, 0.2) is 0 Å². The third-order valence-corrected chi connectivity index (χ3v) is 3.82. The minimum absolute atomic E-state index is 0.352. The van der Waals surface area contributed by atoms with Crippen LogP contribution in [0, 0.1) is 5.92 Å². The highest BCUT2D eigenvalue weighted by molar-refractivity contribution is 5.76. The predicted octanol–water partition coefficient (Wildman–Crippen LogP) is 1.39.